The first-order valence-electron chi connectivity index (χ1n) is 5.84. The second-order valence-corrected chi connectivity index (χ2v) is 4.98. The molecule has 0 bridgehead atoms. The summed E-state index contributed by atoms with van der Waals surface area (Å²) in [6, 6.07) is 5.35. The molecule has 0 unspecified atom stereocenters. The first-order valence-corrected chi connectivity index (χ1v) is 5.84. The molecule has 0 aromatic heterocycles. The smallest absolute Gasteiger partial charge is 0.248 e. The molecule has 0 spiro atoms. The molecule has 0 radical (unpaired) electrons. The zero-order valence-electron chi connectivity index (χ0n) is 11.0. The molecule has 1 aromatic carbocycles. The average Bonchev–Trinajstić information content (AvgIpc) is 2.49. The van der Waals surface area contributed by atoms with Crippen LogP contribution in [0.4, 0.5) is 5.69 Å². The molecule has 1 heterocycles. The van der Waals surface area contributed by atoms with Gasteiger partial charge in [-0.2, -0.15) is 0 Å². The fourth-order valence-corrected chi connectivity index (χ4v) is 1.74. The molecule has 1 amide bonds. The van der Waals surface area contributed by atoms with Crippen LogP contribution in [0.2, 0.25) is 0 Å². The Labute approximate surface area is 107 Å². The molecule has 0 saturated carbocycles. The second-order valence-electron chi connectivity index (χ2n) is 4.98. The van der Waals surface area contributed by atoms with Crippen LogP contribution in [0.1, 0.15) is 27.7 Å². The van der Waals surface area contributed by atoms with Gasteiger partial charge in [0.05, 0.1) is 0 Å². The van der Waals surface area contributed by atoms with Gasteiger partial charge < -0.3 is 14.8 Å². The quantitative estimate of drug-likeness (QED) is 0.817. The van der Waals surface area contributed by atoms with Crippen molar-refractivity contribution >= 4 is 11.6 Å². The molecule has 0 fully saturated rings. The summed E-state index contributed by atoms with van der Waals surface area (Å²) in [7, 11) is 0. The third-order valence-electron chi connectivity index (χ3n) is 2.34. The molecule has 1 aromatic rings. The van der Waals surface area contributed by atoms with E-state index >= 15 is 0 Å². The summed E-state index contributed by atoms with van der Waals surface area (Å²) in [5.41, 5.74) is 1.65. The number of carbonyl (C=O) groups is 1. The number of nitrogens with one attached hydrogen (secondary N) is 1. The lowest BCUT2D eigenvalue weighted by Crippen LogP contribution is -2.29. The van der Waals surface area contributed by atoms with Gasteiger partial charge in [-0.15, -0.1) is 0 Å². The number of rotatable bonds is 2. The number of carbonyl (C=O) groups excluding carboxylic acids is 1. The number of anilines is 1. The Balaban J connectivity index is 2.15. The molecule has 0 aliphatic carbocycles. The van der Waals surface area contributed by atoms with Gasteiger partial charge in [0.25, 0.3) is 0 Å². The SMILES string of the molecule is CC(C)=CC(=O)Nc1ccc2c(c1)OC(C)(C)O2. The van der Waals surface area contributed by atoms with E-state index in [0.29, 0.717) is 17.2 Å². The van der Waals surface area contributed by atoms with Gasteiger partial charge >= 0.3 is 0 Å². The zero-order valence-corrected chi connectivity index (χ0v) is 11.0. The molecule has 96 valence electrons. The van der Waals surface area contributed by atoms with Gasteiger partial charge in [-0.1, -0.05) is 5.57 Å². The van der Waals surface area contributed by atoms with E-state index in [4.69, 9.17) is 9.47 Å². The predicted molar refractivity (Wildman–Crippen MR) is 69.8 cm³/mol. The van der Waals surface area contributed by atoms with Crippen molar-refractivity contribution in [3.05, 3.63) is 29.8 Å². The van der Waals surface area contributed by atoms with Crippen molar-refractivity contribution < 1.29 is 14.3 Å². The molecule has 18 heavy (non-hydrogen) atoms. The molecule has 1 aliphatic rings. The van der Waals surface area contributed by atoms with Crippen LogP contribution in [-0.2, 0) is 4.79 Å². The maximum atomic E-state index is 11.6. The van der Waals surface area contributed by atoms with Crippen molar-refractivity contribution in [1.82, 2.24) is 0 Å². The van der Waals surface area contributed by atoms with Crippen LogP contribution in [0.25, 0.3) is 0 Å². The maximum Gasteiger partial charge on any atom is 0.248 e. The van der Waals surface area contributed by atoms with E-state index in [1.807, 2.05) is 27.7 Å². The van der Waals surface area contributed by atoms with E-state index in [0.717, 1.165) is 5.57 Å². The van der Waals surface area contributed by atoms with E-state index in [1.54, 1.807) is 24.3 Å². The Hall–Kier alpha value is -1.97. The Bertz CT molecular complexity index is 514. The average molecular weight is 247 g/mol. The molecule has 1 N–H and O–H groups in total. The van der Waals surface area contributed by atoms with Crippen LogP contribution in [0, 0.1) is 0 Å². The minimum atomic E-state index is -0.648. The molecular weight excluding hydrogens is 230 g/mol. The molecule has 4 heteroatoms. The number of benzene rings is 1. The van der Waals surface area contributed by atoms with Crippen LogP contribution in [0.15, 0.2) is 29.8 Å². The van der Waals surface area contributed by atoms with E-state index in [-0.39, 0.29) is 5.91 Å². The highest BCUT2D eigenvalue weighted by molar-refractivity contribution is 5.99. The number of amides is 1. The summed E-state index contributed by atoms with van der Waals surface area (Å²) < 4.78 is 11.2. The first kappa shape index (κ1) is 12.5. The summed E-state index contributed by atoms with van der Waals surface area (Å²) in [6.45, 7) is 7.44. The Morgan fingerprint density at radius 2 is 1.89 bits per heavy atom. The standard InChI is InChI=1S/C14H17NO3/c1-9(2)7-13(16)15-10-5-6-11-12(8-10)18-14(3,4)17-11/h5-8H,1-4H3,(H,15,16). The van der Waals surface area contributed by atoms with Gasteiger partial charge in [0, 0.05) is 31.7 Å². The second kappa shape index (κ2) is 4.37. The third kappa shape index (κ3) is 2.83. The highest BCUT2D eigenvalue weighted by Gasteiger charge is 2.31. The molecule has 0 atom stereocenters. The third-order valence-corrected chi connectivity index (χ3v) is 2.34. The van der Waals surface area contributed by atoms with Gasteiger partial charge in [-0.05, 0) is 26.0 Å². The largest absolute Gasteiger partial charge is 0.449 e. The molecular formula is C14H17NO3. The van der Waals surface area contributed by atoms with Gasteiger partial charge in [0.15, 0.2) is 11.5 Å². The van der Waals surface area contributed by atoms with Gasteiger partial charge in [-0.3, -0.25) is 4.79 Å². The highest BCUT2D eigenvalue weighted by atomic mass is 16.7. The summed E-state index contributed by atoms with van der Waals surface area (Å²) >= 11 is 0. The summed E-state index contributed by atoms with van der Waals surface area (Å²) in [6.07, 6.45) is 1.55. The lowest BCUT2D eigenvalue weighted by molar-refractivity contribution is -0.111. The van der Waals surface area contributed by atoms with Crippen LogP contribution in [-0.4, -0.2) is 11.7 Å². The van der Waals surface area contributed by atoms with Crippen molar-refractivity contribution in [1.29, 1.82) is 0 Å². The highest BCUT2D eigenvalue weighted by Crippen LogP contribution is 2.40. The minimum absolute atomic E-state index is 0.145. The van der Waals surface area contributed by atoms with Gasteiger partial charge in [-0.25, -0.2) is 0 Å². The Kier molecular flexibility index (Phi) is 3.03. The van der Waals surface area contributed by atoms with Crippen molar-refractivity contribution in [3.63, 3.8) is 0 Å². The van der Waals surface area contributed by atoms with E-state index in [2.05, 4.69) is 5.32 Å². The maximum absolute atomic E-state index is 11.6. The number of hydrogen-bond acceptors (Lipinski definition) is 3. The van der Waals surface area contributed by atoms with Crippen molar-refractivity contribution in [3.8, 4) is 11.5 Å². The number of allylic oxidation sites excluding steroid dienone is 1. The first-order chi connectivity index (χ1) is 8.35. The topological polar surface area (TPSA) is 47.6 Å². The van der Waals surface area contributed by atoms with E-state index < -0.39 is 5.79 Å². The minimum Gasteiger partial charge on any atom is -0.449 e. The normalized spacial score (nSPS) is 15.1. The van der Waals surface area contributed by atoms with Crippen LogP contribution in [0.5, 0.6) is 11.5 Å². The molecule has 1 aliphatic heterocycles. The lowest BCUT2D eigenvalue weighted by atomic mass is 10.2. The summed E-state index contributed by atoms with van der Waals surface area (Å²) in [5, 5.41) is 2.78. The Morgan fingerprint density at radius 1 is 1.22 bits per heavy atom. The van der Waals surface area contributed by atoms with Crippen molar-refractivity contribution in [2.24, 2.45) is 0 Å². The van der Waals surface area contributed by atoms with Crippen LogP contribution < -0.4 is 14.8 Å². The fourth-order valence-electron chi connectivity index (χ4n) is 1.74. The number of hydrogen-bond donors (Lipinski definition) is 1. The number of ether oxygens (including phenoxy) is 2. The number of fused-ring (bicyclic) bond motifs is 1. The predicted octanol–water partition coefficient (Wildman–Crippen LogP) is 3.10. The fraction of sp³-hybridized carbons (Fsp3) is 0.357. The van der Waals surface area contributed by atoms with Gasteiger partial charge in [0.2, 0.25) is 11.7 Å². The van der Waals surface area contributed by atoms with E-state index in [9.17, 15) is 4.79 Å². The van der Waals surface area contributed by atoms with Gasteiger partial charge in [0.1, 0.15) is 0 Å². The molecule has 4 nitrogen and oxygen atoms in total. The summed E-state index contributed by atoms with van der Waals surface area (Å²) in [5.74, 6) is 0.550. The molecule has 0 saturated heterocycles. The lowest BCUT2D eigenvalue weighted by Gasteiger charge is -2.16. The van der Waals surface area contributed by atoms with E-state index in [1.165, 1.54) is 0 Å². The zero-order chi connectivity index (χ0) is 13.3. The van der Waals surface area contributed by atoms with Crippen molar-refractivity contribution in [2.45, 2.75) is 33.5 Å². The molecule has 2 rings (SSSR count). The van der Waals surface area contributed by atoms with Crippen molar-refractivity contribution in [2.75, 3.05) is 5.32 Å². The monoisotopic (exact) mass is 247 g/mol. The van der Waals surface area contributed by atoms with Crippen LogP contribution in [0.3, 0.4) is 0 Å². The Morgan fingerprint density at radius 3 is 2.56 bits per heavy atom. The summed E-state index contributed by atoms with van der Waals surface area (Å²) in [4.78, 5) is 11.6. The van der Waals surface area contributed by atoms with Crippen LogP contribution >= 0.6 is 0 Å².